The predicted molar refractivity (Wildman–Crippen MR) is 52.9 cm³/mol. The zero-order valence-electron chi connectivity index (χ0n) is 6.97. The van der Waals surface area contributed by atoms with Gasteiger partial charge >= 0.3 is 0 Å². The Labute approximate surface area is 83.8 Å². The van der Waals surface area contributed by atoms with Gasteiger partial charge in [-0.15, -0.1) is 16.4 Å². The molecular formula is C7H8N4S2. The van der Waals surface area contributed by atoms with Crippen LogP contribution in [0.2, 0.25) is 0 Å². The van der Waals surface area contributed by atoms with Gasteiger partial charge < -0.3 is 5.32 Å². The molecule has 4 nitrogen and oxygen atoms in total. The zero-order chi connectivity index (χ0) is 9.10. The van der Waals surface area contributed by atoms with Gasteiger partial charge in [-0.3, -0.25) is 0 Å². The van der Waals surface area contributed by atoms with E-state index in [9.17, 15) is 0 Å². The Kier molecular flexibility index (Phi) is 2.62. The van der Waals surface area contributed by atoms with Crippen LogP contribution < -0.4 is 5.32 Å². The van der Waals surface area contributed by atoms with Crippen LogP contribution in [0, 0.1) is 0 Å². The molecule has 0 aliphatic rings. The van der Waals surface area contributed by atoms with Gasteiger partial charge in [-0.05, 0) is 18.6 Å². The first-order chi connectivity index (χ1) is 6.42. The Morgan fingerprint density at radius 3 is 3.00 bits per heavy atom. The van der Waals surface area contributed by atoms with Crippen molar-refractivity contribution in [3.05, 3.63) is 27.7 Å². The van der Waals surface area contributed by atoms with Crippen LogP contribution in [0.4, 0.5) is 0 Å². The van der Waals surface area contributed by atoms with E-state index in [-0.39, 0.29) is 6.04 Å². The summed E-state index contributed by atoms with van der Waals surface area (Å²) >= 11 is 2.97. The molecule has 2 rings (SSSR count). The maximum absolute atomic E-state index is 4.24. The first kappa shape index (κ1) is 8.74. The van der Waals surface area contributed by atoms with Crippen LogP contribution in [0.3, 0.4) is 0 Å². The number of hydrogen-bond acceptors (Lipinski definition) is 6. The molecule has 0 aliphatic heterocycles. The fraction of sp³-hybridized carbons (Fsp3) is 0.286. The van der Waals surface area contributed by atoms with Crippen molar-refractivity contribution in [3.63, 3.8) is 0 Å². The average Bonchev–Trinajstić information content (AvgIpc) is 2.76. The van der Waals surface area contributed by atoms with E-state index in [0.717, 1.165) is 10.7 Å². The highest BCUT2D eigenvalue weighted by molar-refractivity contribution is 7.09. The molecule has 2 heterocycles. The van der Waals surface area contributed by atoms with Crippen LogP contribution in [0.1, 0.15) is 16.7 Å². The second kappa shape index (κ2) is 3.91. The molecule has 2 aromatic heterocycles. The third-order valence-electron chi connectivity index (χ3n) is 1.66. The number of rotatable bonds is 3. The second-order valence-corrected chi connectivity index (χ2v) is 3.96. The van der Waals surface area contributed by atoms with E-state index in [0.29, 0.717) is 0 Å². The Hall–Kier alpha value is -0.850. The van der Waals surface area contributed by atoms with Gasteiger partial charge in [-0.2, -0.15) is 0 Å². The molecule has 1 N–H and O–H groups in total. The standard InChI is InChI=1S/C7H8N4S2/c1-8-6(5-4-13-11-10-5)7-9-2-3-12-7/h2-4,6,8H,1H3. The lowest BCUT2D eigenvalue weighted by Crippen LogP contribution is -2.17. The molecule has 0 aliphatic carbocycles. The number of hydrogen-bond donors (Lipinski definition) is 1. The van der Waals surface area contributed by atoms with Crippen molar-refractivity contribution in [2.24, 2.45) is 0 Å². The fourth-order valence-corrected chi connectivity index (χ4v) is 2.31. The van der Waals surface area contributed by atoms with Crippen LogP contribution in [0.5, 0.6) is 0 Å². The largest absolute Gasteiger partial charge is 0.306 e. The van der Waals surface area contributed by atoms with E-state index >= 15 is 0 Å². The van der Waals surface area contributed by atoms with E-state index < -0.39 is 0 Å². The van der Waals surface area contributed by atoms with E-state index in [1.54, 1.807) is 17.5 Å². The third-order valence-corrected chi connectivity index (χ3v) is 3.02. The molecule has 13 heavy (non-hydrogen) atoms. The maximum atomic E-state index is 4.24. The van der Waals surface area contributed by atoms with E-state index in [1.165, 1.54) is 11.5 Å². The summed E-state index contributed by atoms with van der Waals surface area (Å²) in [5.41, 5.74) is 0.933. The Morgan fingerprint density at radius 1 is 1.54 bits per heavy atom. The smallest absolute Gasteiger partial charge is 0.116 e. The van der Waals surface area contributed by atoms with Gasteiger partial charge in [0.15, 0.2) is 0 Å². The highest BCUT2D eigenvalue weighted by Gasteiger charge is 2.16. The summed E-state index contributed by atoms with van der Waals surface area (Å²) < 4.78 is 3.83. The van der Waals surface area contributed by atoms with Gasteiger partial charge in [-0.25, -0.2) is 4.98 Å². The summed E-state index contributed by atoms with van der Waals surface area (Å²) in [4.78, 5) is 4.24. The number of thiazole rings is 1. The fourth-order valence-electron chi connectivity index (χ4n) is 1.07. The van der Waals surface area contributed by atoms with Crippen LogP contribution in [-0.4, -0.2) is 21.6 Å². The molecule has 0 fully saturated rings. The third kappa shape index (κ3) is 1.74. The summed E-state index contributed by atoms with van der Waals surface area (Å²) in [7, 11) is 1.89. The molecule has 0 aromatic carbocycles. The summed E-state index contributed by atoms with van der Waals surface area (Å²) in [5, 5.41) is 12.1. The molecule has 2 aromatic rings. The lowest BCUT2D eigenvalue weighted by molar-refractivity contribution is 0.663. The number of nitrogens with one attached hydrogen (secondary N) is 1. The predicted octanol–water partition coefficient (Wildman–Crippen LogP) is 1.30. The number of aromatic nitrogens is 3. The van der Waals surface area contributed by atoms with Gasteiger partial charge in [0.05, 0.1) is 5.69 Å². The van der Waals surface area contributed by atoms with Crippen LogP contribution in [0.25, 0.3) is 0 Å². The second-order valence-electron chi connectivity index (χ2n) is 2.42. The zero-order valence-corrected chi connectivity index (χ0v) is 8.60. The summed E-state index contributed by atoms with van der Waals surface area (Å²) in [6.45, 7) is 0. The van der Waals surface area contributed by atoms with Crippen molar-refractivity contribution in [1.82, 2.24) is 19.9 Å². The summed E-state index contributed by atoms with van der Waals surface area (Å²) in [5.74, 6) is 0. The molecule has 1 unspecified atom stereocenters. The highest BCUT2D eigenvalue weighted by Crippen LogP contribution is 2.21. The minimum absolute atomic E-state index is 0.0822. The Morgan fingerprint density at radius 2 is 2.46 bits per heavy atom. The van der Waals surface area contributed by atoms with Crippen molar-refractivity contribution >= 4 is 22.9 Å². The lowest BCUT2D eigenvalue weighted by Gasteiger charge is -2.08. The average molecular weight is 212 g/mol. The minimum atomic E-state index is 0.0822. The normalized spacial score (nSPS) is 13.0. The van der Waals surface area contributed by atoms with Crippen LogP contribution in [-0.2, 0) is 0 Å². The van der Waals surface area contributed by atoms with Crippen LogP contribution in [0.15, 0.2) is 17.0 Å². The minimum Gasteiger partial charge on any atom is -0.306 e. The van der Waals surface area contributed by atoms with Gasteiger partial charge in [-0.1, -0.05) is 4.49 Å². The van der Waals surface area contributed by atoms with Crippen molar-refractivity contribution in [3.8, 4) is 0 Å². The van der Waals surface area contributed by atoms with Crippen LogP contribution >= 0.6 is 22.9 Å². The summed E-state index contributed by atoms with van der Waals surface area (Å²) in [6.07, 6.45) is 1.80. The van der Waals surface area contributed by atoms with E-state index in [1.807, 2.05) is 17.8 Å². The monoisotopic (exact) mass is 212 g/mol. The molecule has 0 bridgehead atoms. The van der Waals surface area contributed by atoms with Crippen molar-refractivity contribution in [1.29, 1.82) is 0 Å². The van der Waals surface area contributed by atoms with Gasteiger partial charge in [0, 0.05) is 17.0 Å². The highest BCUT2D eigenvalue weighted by atomic mass is 32.1. The first-order valence-electron chi connectivity index (χ1n) is 3.75. The van der Waals surface area contributed by atoms with E-state index in [4.69, 9.17) is 0 Å². The molecule has 0 amide bonds. The number of nitrogens with zero attached hydrogens (tertiary/aromatic N) is 3. The van der Waals surface area contributed by atoms with Crippen molar-refractivity contribution in [2.45, 2.75) is 6.04 Å². The lowest BCUT2D eigenvalue weighted by atomic mass is 10.2. The molecule has 0 radical (unpaired) electrons. The molecule has 0 saturated heterocycles. The van der Waals surface area contributed by atoms with Gasteiger partial charge in [0.2, 0.25) is 0 Å². The topological polar surface area (TPSA) is 50.7 Å². The van der Waals surface area contributed by atoms with E-state index in [2.05, 4.69) is 19.9 Å². The Balaban J connectivity index is 2.29. The molecule has 68 valence electrons. The summed E-state index contributed by atoms with van der Waals surface area (Å²) in [6, 6.07) is 0.0822. The molecule has 0 saturated carbocycles. The SMILES string of the molecule is CNC(c1csnn1)c1nccs1. The molecule has 0 spiro atoms. The molecular weight excluding hydrogens is 204 g/mol. The van der Waals surface area contributed by atoms with Gasteiger partial charge in [0.25, 0.3) is 0 Å². The quantitative estimate of drug-likeness (QED) is 0.833. The first-order valence-corrected chi connectivity index (χ1v) is 5.47. The maximum Gasteiger partial charge on any atom is 0.116 e. The molecule has 1 atom stereocenters. The van der Waals surface area contributed by atoms with Gasteiger partial charge in [0.1, 0.15) is 11.0 Å². The Bertz CT molecular complexity index is 308. The molecule has 6 heteroatoms. The van der Waals surface area contributed by atoms with Crippen molar-refractivity contribution in [2.75, 3.05) is 7.05 Å². The van der Waals surface area contributed by atoms with Crippen molar-refractivity contribution < 1.29 is 0 Å².